The number of nitrogens with one attached hydrogen (secondary N) is 1. The van der Waals surface area contributed by atoms with Crippen LogP contribution < -0.4 is 5.32 Å². The Labute approximate surface area is 62.0 Å². The summed E-state index contributed by atoms with van der Waals surface area (Å²) >= 11 is 0. The van der Waals surface area contributed by atoms with Crippen molar-refractivity contribution < 1.29 is 0 Å². The van der Waals surface area contributed by atoms with Gasteiger partial charge in [-0.3, -0.25) is 4.99 Å². The Balaban J connectivity index is 2.47. The van der Waals surface area contributed by atoms with E-state index in [2.05, 4.69) is 29.4 Å². The van der Waals surface area contributed by atoms with E-state index in [1.807, 2.05) is 6.92 Å². The zero-order chi connectivity index (χ0) is 7.40. The number of hydrogen-bond donors (Lipinski definition) is 1. The third kappa shape index (κ3) is 1.59. The van der Waals surface area contributed by atoms with Crippen LogP contribution in [-0.4, -0.2) is 18.9 Å². The molecule has 0 amide bonds. The molecule has 2 nitrogen and oxygen atoms in total. The van der Waals surface area contributed by atoms with Gasteiger partial charge in [-0.15, -0.1) is 0 Å². The summed E-state index contributed by atoms with van der Waals surface area (Å²) in [4.78, 5) is 4.31. The van der Waals surface area contributed by atoms with Crippen LogP contribution >= 0.6 is 0 Å². The van der Waals surface area contributed by atoms with E-state index in [1.54, 1.807) is 0 Å². The third-order valence-corrected chi connectivity index (χ3v) is 1.61. The predicted octanol–water partition coefficient (Wildman–Crippen LogP) is 1.20. The summed E-state index contributed by atoms with van der Waals surface area (Å²) in [5.74, 6) is 1.60. The normalized spacial score (nSPS) is 20.8. The molecule has 0 bridgehead atoms. The maximum atomic E-state index is 4.31. The zero-order valence-electron chi connectivity index (χ0n) is 6.59. The molecule has 0 radical (unpaired) electrons. The summed E-state index contributed by atoms with van der Waals surface area (Å²) in [5, 5.41) is 3.24. The topological polar surface area (TPSA) is 24.4 Å². The van der Waals surface area contributed by atoms with Crippen LogP contribution in [0.15, 0.2) is 17.1 Å². The Morgan fingerprint density at radius 2 is 2.50 bits per heavy atom. The molecule has 0 aromatic carbocycles. The Morgan fingerprint density at radius 1 is 1.70 bits per heavy atom. The van der Waals surface area contributed by atoms with Crippen LogP contribution in [0, 0.1) is 5.92 Å². The van der Waals surface area contributed by atoms with Crippen LogP contribution in [0.2, 0.25) is 0 Å². The molecule has 1 heterocycles. The highest BCUT2D eigenvalue weighted by Crippen LogP contribution is 2.01. The molecule has 0 spiro atoms. The molecule has 0 aliphatic carbocycles. The van der Waals surface area contributed by atoms with E-state index in [0.29, 0.717) is 5.92 Å². The van der Waals surface area contributed by atoms with Gasteiger partial charge in [-0.2, -0.15) is 0 Å². The SMILES string of the molecule is C/C=C\C(C)C1=NCCN1. The van der Waals surface area contributed by atoms with Gasteiger partial charge >= 0.3 is 0 Å². The molecule has 2 heteroatoms. The molecule has 1 unspecified atom stereocenters. The van der Waals surface area contributed by atoms with E-state index < -0.39 is 0 Å². The maximum Gasteiger partial charge on any atom is 0.103 e. The van der Waals surface area contributed by atoms with Crippen LogP contribution in [0.3, 0.4) is 0 Å². The number of aliphatic imine (C=N–C) groups is 1. The van der Waals surface area contributed by atoms with Crippen LogP contribution in [0.1, 0.15) is 13.8 Å². The lowest BCUT2D eigenvalue weighted by Gasteiger charge is -2.05. The molecule has 0 fully saturated rings. The average molecular weight is 138 g/mol. The van der Waals surface area contributed by atoms with Gasteiger partial charge < -0.3 is 5.32 Å². The number of allylic oxidation sites excluding steroid dienone is 1. The van der Waals surface area contributed by atoms with E-state index in [4.69, 9.17) is 0 Å². The van der Waals surface area contributed by atoms with E-state index in [0.717, 1.165) is 18.9 Å². The first-order valence-electron chi connectivity index (χ1n) is 3.75. The van der Waals surface area contributed by atoms with E-state index in [9.17, 15) is 0 Å². The number of amidine groups is 1. The fourth-order valence-electron chi connectivity index (χ4n) is 1.10. The summed E-state index contributed by atoms with van der Waals surface area (Å²) in [7, 11) is 0. The molecule has 1 N–H and O–H groups in total. The highest BCUT2D eigenvalue weighted by molar-refractivity contribution is 5.86. The van der Waals surface area contributed by atoms with E-state index in [1.165, 1.54) is 0 Å². The molecule has 0 aromatic heterocycles. The van der Waals surface area contributed by atoms with Crippen molar-refractivity contribution >= 4 is 5.84 Å². The van der Waals surface area contributed by atoms with Gasteiger partial charge in [0.15, 0.2) is 0 Å². The standard InChI is InChI=1S/C8H14N2/c1-3-4-7(2)8-9-5-6-10-8/h3-4,7H,5-6H2,1-2H3,(H,9,10)/b4-3-. The van der Waals surface area contributed by atoms with Gasteiger partial charge in [0.25, 0.3) is 0 Å². The van der Waals surface area contributed by atoms with Gasteiger partial charge in [-0.1, -0.05) is 19.1 Å². The Hall–Kier alpha value is -0.790. The number of rotatable bonds is 2. The van der Waals surface area contributed by atoms with Crippen molar-refractivity contribution in [2.24, 2.45) is 10.9 Å². The first-order valence-corrected chi connectivity index (χ1v) is 3.75. The Morgan fingerprint density at radius 3 is 3.00 bits per heavy atom. The van der Waals surface area contributed by atoms with Crippen LogP contribution in [0.4, 0.5) is 0 Å². The first kappa shape index (κ1) is 7.32. The van der Waals surface area contributed by atoms with Crippen molar-refractivity contribution in [3.63, 3.8) is 0 Å². The fraction of sp³-hybridized carbons (Fsp3) is 0.625. The summed E-state index contributed by atoms with van der Waals surface area (Å²) in [6, 6.07) is 0. The lowest BCUT2D eigenvalue weighted by Crippen LogP contribution is -2.23. The zero-order valence-corrected chi connectivity index (χ0v) is 6.59. The largest absolute Gasteiger partial charge is 0.371 e. The van der Waals surface area contributed by atoms with Crippen molar-refractivity contribution in [3.05, 3.63) is 12.2 Å². The molecule has 0 saturated heterocycles. The lowest BCUT2D eigenvalue weighted by atomic mass is 10.1. The third-order valence-electron chi connectivity index (χ3n) is 1.61. The van der Waals surface area contributed by atoms with Gasteiger partial charge in [-0.25, -0.2) is 0 Å². The second-order valence-corrected chi connectivity index (χ2v) is 2.51. The summed E-state index contributed by atoms with van der Waals surface area (Å²) in [6.07, 6.45) is 4.21. The summed E-state index contributed by atoms with van der Waals surface area (Å²) in [6.45, 7) is 6.14. The summed E-state index contributed by atoms with van der Waals surface area (Å²) in [5.41, 5.74) is 0. The molecule has 10 heavy (non-hydrogen) atoms. The van der Waals surface area contributed by atoms with Gasteiger partial charge in [0, 0.05) is 12.5 Å². The van der Waals surface area contributed by atoms with Gasteiger partial charge in [0.05, 0.1) is 6.54 Å². The predicted molar refractivity (Wildman–Crippen MR) is 44.3 cm³/mol. The highest BCUT2D eigenvalue weighted by Gasteiger charge is 2.09. The number of hydrogen-bond acceptors (Lipinski definition) is 2. The Bertz CT molecular complexity index is 159. The van der Waals surface area contributed by atoms with Gasteiger partial charge in [-0.05, 0) is 6.92 Å². The van der Waals surface area contributed by atoms with Crippen molar-refractivity contribution in [2.45, 2.75) is 13.8 Å². The first-order chi connectivity index (χ1) is 4.84. The quantitative estimate of drug-likeness (QED) is 0.570. The molecule has 1 aliphatic heterocycles. The van der Waals surface area contributed by atoms with Gasteiger partial charge in [0.2, 0.25) is 0 Å². The molecule has 0 aromatic rings. The molecule has 1 atom stereocenters. The van der Waals surface area contributed by atoms with Crippen LogP contribution in [0.25, 0.3) is 0 Å². The molecule has 56 valence electrons. The van der Waals surface area contributed by atoms with Crippen molar-refractivity contribution in [1.82, 2.24) is 5.32 Å². The molecular formula is C8H14N2. The average Bonchev–Trinajstić information content (AvgIpc) is 2.38. The minimum absolute atomic E-state index is 0.465. The minimum atomic E-state index is 0.465. The monoisotopic (exact) mass is 138 g/mol. The smallest absolute Gasteiger partial charge is 0.103 e. The second-order valence-electron chi connectivity index (χ2n) is 2.51. The van der Waals surface area contributed by atoms with Crippen molar-refractivity contribution in [1.29, 1.82) is 0 Å². The van der Waals surface area contributed by atoms with E-state index >= 15 is 0 Å². The second kappa shape index (κ2) is 3.40. The van der Waals surface area contributed by atoms with Crippen molar-refractivity contribution in [2.75, 3.05) is 13.1 Å². The molecule has 1 aliphatic rings. The molecule has 0 saturated carbocycles. The van der Waals surface area contributed by atoms with Crippen molar-refractivity contribution in [3.8, 4) is 0 Å². The number of nitrogens with zero attached hydrogens (tertiary/aromatic N) is 1. The summed E-state index contributed by atoms with van der Waals surface area (Å²) < 4.78 is 0. The van der Waals surface area contributed by atoms with E-state index in [-0.39, 0.29) is 0 Å². The fourth-order valence-corrected chi connectivity index (χ4v) is 1.10. The highest BCUT2D eigenvalue weighted by atomic mass is 15.1. The molecular weight excluding hydrogens is 124 g/mol. The molecule has 1 rings (SSSR count). The van der Waals surface area contributed by atoms with Gasteiger partial charge in [0.1, 0.15) is 5.84 Å². The van der Waals surface area contributed by atoms with Crippen LogP contribution in [-0.2, 0) is 0 Å². The lowest BCUT2D eigenvalue weighted by molar-refractivity contribution is 0.905. The van der Waals surface area contributed by atoms with Crippen LogP contribution in [0.5, 0.6) is 0 Å². The minimum Gasteiger partial charge on any atom is -0.371 e. The maximum absolute atomic E-state index is 4.31. The Kier molecular flexibility index (Phi) is 2.49.